The van der Waals surface area contributed by atoms with Gasteiger partial charge in [-0.05, 0) is 236 Å². The molecule has 0 radical (unpaired) electrons. The second kappa shape index (κ2) is 44.2. The van der Waals surface area contributed by atoms with Crippen LogP contribution < -0.4 is 24.6 Å². The normalized spacial score (nSPS) is 20.1. The number of hydrogen-bond donors (Lipinski definition) is 6. The van der Waals surface area contributed by atoms with Crippen molar-refractivity contribution >= 4 is 64.3 Å². The molecule has 6 aromatic heterocycles. The van der Waals surface area contributed by atoms with E-state index in [0.29, 0.717) is 85.4 Å². The zero-order valence-corrected chi connectivity index (χ0v) is 74.8. The van der Waals surface area contributed by atoms with Gasteiger partial charge in [-0.15, -0.1) is 0 Å². The number of benzene rings is 2. The van der Waals surface area contributed by atoms with Crippen molar-refractivity contribution < 1.29 is 125 Å². The summed E-state index contributed by atoms with van der Waals surface area (Å²) in [5, 5.41) is 34.3. The number of hydrogen-bond acceptors (Lipinski definition) is 25. The maximum Gasteiger partial charge on any atom is 1.00 e. The summed E-state index contributed by atoms with van der Waals surface area (Å²) in [7, 11) is 6.49. The number of nitrogens with zero attached hydrogens (tertiary/aromatic N) is 8. The van der Waals surface area contributed by atoms with Gasteiger partial charge in [0.25, 0.3) is 0 Å². The average molecular weight is 1700 g/mol. The molecule has 5 saturated carbocycles. The van der Waals surface area contributed by atoms with Gasteiger partial charge in [0.2, 0.25) is 0 Å². The van der Waals surface area contributed by atoms with Crippen molar-refractivity contribution in [3.8, 4) is 45.0 Å². The van der Waals surface area contributed by atoms with E-state index >= 15 is 4.39 Å². The average Bonchev–Trinajstić information content (AvgIpc) is 1.63. The van der Waals surface area contributed by atoms with Crippen LogP contribution in [0.25, 0.3) is 67.4 Å². The Balaban J connectivity index is 0.000000267. The summed E-state index contributed by atoms with van der Waals surface area (Å²) in [5.74, 6) is -1.05. The van der Waals surface area contributed by atoms with Gasteiger partial charge in [-0.3, -0.25) is 33.3 Å². The Hall–Kier alpha value is -9.43. The van der Waals surface area contributed by atoms with Gasteiger partial charge in [-0.1, -0.05) is 24.3 Å². The van der Waals surface area contributed by atoms with E-state index in [1.165, 1.54) is 26.4 Å². The topological polar surface area (TPSA) is 438 Å². The standard InChI is InChI=1S/C27H30FN5O2.C17H15FN6.C10H18O5.C10H18O3.2C9H16O3.C6H10O3.Li.H2O/c1-27(2,3)35-20-11-18(12-20)23(34)8-7-16-5-6-17(13-22(16)28)21-9-10-29-26-24(21)31-25(32-26)19-14-30-33(4)15-19;1-24-9-12(8-21-24)16-22-15-13(4-5-20-17(15)23-16)10-2-3-11(7-19)14(18)6-10;1-9(2,3)14-7(11)13-8(12)15-10(4,5)6;1-10(2,3)13-8-5-7(6-8)9(11)12-4;2*1-9(2,3)12-7-4-6(5-7)8(10)11;1-9-6(8)4-2-5(7)3-4;;/h5-6,9-10,13-15,18,20H,7-8,11-12H2,1-4H3,(H,29,31,32);2-6,8-9H,7,19H2,1H3,(H,20,22,23);1-6H3;7-8H,5-6H2,1-4H3;2*6-7H,4-5H2,1-3H3,(H,10,11);4-5,7H,2-3H2,1H3;;1H2/q;;;;;;;+1;/p-1. The van der Waals surface area contributed by atoms with Crippen LogP contribution in [-0.4, -0.2) is 191 Å². The van der Waals surface area contributed by atoms with Crippen molar-refractivity contribution in [2.75, 3.05) is 14.2 Å². The number of aryl methyl sites for hydroxylation is 3. The number of imidazole rings is 2. The third-order valence-corrected chi connectivity index (χ3v) is 19.1. The van der Waals surface area contributed by atoms with E-state index in [-0.39, 0.29) is 143 Å². The van der Waals surface area contributed by atoms with E-state index in [9.17, 15) is 38.0 Å². The smallest absolute Gasteiger partial charge is 0.870 e. The first kappa shape index (κ1) is 103. The molecule has 0 spiro atoms. The molecular weight excluding hydrogens is 1580 g/mol. The van der Waals surface area contributed by atoms with Crippen LogP contribution in [0.15, 0.2) is 85.7 Å². The molecule has 0 saturated heterocycles. The van der Waals surface area contributed by atoms with Gasteiger partial charge in [0, 0.05) is 74.5 Å². The Morgan fingerprint density at radius 2 is 0.820 bits per heavy atom. The summed E-state index contributed by atoms with van der Waals surface area (Å²) in [5.41, 5.74) is 12.1. The third kappa shape index (κ3) is 33.3. The number of ether oxygens (including phenoxy) is 9. The van der Waals surface area contributed by atoms with Gasteiger partial charge >= 0.3 is 55.0 Å². The van der Waals surface area contributed by atoms with Crippen molar-refractivity contribution in [1.29, 1.82) is 0 Å². The first-order chi connectivity index (χ1) is 55.7. The molecule has 0 unspecified atom stereocenters. The number of nitrogens with two attached hydrogens (primary N) is 1. The fraction of sp³-hybridized carbons (Fsp3) is 0.580. The largest absolute Gasteiger partial charge is 1.00 e. The summed E-state index contributed by atoms with van der Waals surface area (Å²) in [6, 6.07) is 13.9. The number of methoxy groups -OCH3 is 2. The molecule has 0 amide bonds. The number of aliphatic carboxylic acids is 2. The summed E-state index contributed by atoms with van der Waals surface area (Å²) < 4.78 is 78.2. The van der Waals surface area contributed by atoms with E-state index in [1.54, 1.807) is 87.8 Å². The van der Waals surface area contributed by atoms with Gasteiger partial charge in [0.1, 0.15) is 40.3 Å². The maximum absolute atomic E-state index is 15.0. The Labute approximate surface area is 724 Å². The van der Waals surface area contributed by atoms with E-state index in [4.69, 9.17) is 49.5 Å². The quantitative estimate of drug-likeness (QED) is 0.0213. The summed E-state index contributed by atoms with van der Waals surface area (Å²) in [6.45, 7) is 34.3. The molecule has 5 fully saturated rings. The molecule has 666 valence electrons. The Bertz CT molecular complexity index is 4690. The fourth-order valence-corrected chi connectivity index (χ4v) is 13.2. The Morgan fingerprint density at radius 1 is 0.484 bits per heavy atom. The third-order valence-electron chi connectivity index (χ3n) is 19.1. The Kier molecular flexibility index (Phi) is 37.4. The zero-order valence-electron chi connectivity index (χ0n) is 74.8. The summed E-state index contributed by atoms with van der Waals surface area (Å²) in [6.07, 6.45) is 16.6. The molecule has 5 aliphatic rings. The van der Waals surface area contributed by atoms with Crippen LogP contribution in [0.1, 0.15) is 206 Å². The monoisotopic (exact) mass is 1700 g/mol. The number of Topliss-reactive ketones (excluding diaryl/α,β-unsaturated/α-hetero) is 1. The number of aromatic amines is 2. The molecule has 0 aliphatic heterocycles. The molecule has 34 heteroatoms. The van der Waals surface area contributed by atoms with Crippen LogP contribution >= 0.6 is 0 Å². The molecule has 8 aromatic rings. The van der Waals surface area contributed by atoms with Crippen LogP contribution in [0, 0.1) is 41.2 Å². The van der Waals surface area contributed by atoms with Crippen LogP contribution in [0.3, 0.4) is 0 Å². The van der Waals surface area contributed by atoms with Gasteiger partial charge in [0.05, 0.1) is 125 Å². The predicted octanol–water partition coefficient (Wildman–Crippen LogP) is 12.6. The molecular formula is C88H124F2LiN11O20. The number of nitrogens with one attached hydrogen (secondary N) is 2. The first-order valence-corrected chi connectivity index (χ1v) is 40.4. The van der Waals surface area contributed by atoms with Crippen LogP contribution in [0.5, 0.6) is 0 Å². The number of H-pyrrole nitrogens is 2. The first-order valence-electron chi connectivity index (χ1n) is 40.4. The molecule has 5 aliphatic carbocycles. The minimum Gasteiger partial charge on any atom is -0.870 e. The van der Waals surface area contributed by atoms with Crippen molar-refractivity contribution in [2.45, 2.75) is 272 Å². The molecule has 8 N–H and O–H groups in total. The van der Waals surface area contributed by atoms with E-state index in [0.717, 1.165) is 70.1 Å². The van der Waals surface area contributed by atoms with Crippen LogP contribution in [0.2, 0.25) is 0 Å². The number of ketones is 1. The van der Waals surface area contributed by atoms with Gasteiger partial charge < -0.3 is 79.1 Å². The van der Waals surface area contributed by atoms with Crippen LogP contribution in [0.4, 0.5) is 18.4 Å². The SMILES string of the molecule is CC(C)(C)OC(=O)OC(=O)OC(C)(C)C.CC(C)(C)OC1CC(C(=O)O)C1.CC(C)(C)OC1CC(C(=O)O)C1.COC(=O)C1CC(O)C1.COC(=O)C1CC(OC(C)(C)C)C1.Cn1cc(-c2nc3nccc(-c4ccc(CCC(=O)C5CC(OC(C)(C)C)C5)c(F)c4)c3[nH]2)cn1.Cn1cc(-c2nc3nccc(-c4ccc(CN)c(F)c4)c3[nH]2)cn1.[Li+].[OH-]. The number of rotatable bonds is 17. The summed E-state index contributed by atoms with van der Waals surface area (Å²) >= 11 is 0. The number of fused-ring (bicyclic) bond motifs is 2. The Morgan fingerprint density at radius 3 is 1.11 bits per heavy atom. The van der Waals surface area contributed by atoms with Gasteiger partial charge in [-0.2, -0.15) is 10.2 Å². The second-order valence-electron chi connectivity index (χ2n) is 36.5. The van der Waals surface area contributed by atoms with E-state index in [1.807, 2.05) is 134 Å². The van der Waals surface area contributed by atoms with Gasteiger partial charge in [0.15, 0.2) is 11.3 Å². The number of esters is 2. The second-order valence-corrected chi connectivity index (χ2v) is 36.5. The molecule has 6 heterocycles. The molecule has 2 aromatic carbocycles. The van der Waals surface area contributed by atoms with Crippen LogP contribution in [-0.2, 0) is 93.7 Å². The molecule has 122 heavy (non-hydrogen) atoms. The number of pyridine rings is 2. The van der Waals surface area contributed by atoms with Crippen molar-refractivity contribution in [3.63, 3.8) is 0 Å². The number of aromatic nitrogens is 10. The van der Waals surface area contributed by atoms with E-state index in [2.05, 4.69) is 54.3 Å². The van der Waals surface area contributed by atoms with Crippen molar-refractivity contribution in [1.82, 2.24) is 49.5 Å². The number of carbonyl (C=O) groups excluding carboxylic acids is 5. The number of halogens is 2. The van der Waals surface area contributed by atoms with Crippen molar-refractivity contribution in [2.24, 2.45) is 49.4 Å². The number of aliphatic hydroxyl groups is 1. The molecule has 31 nitrogen and oxygen atoms in total. The molecule has 0 bridgehead atoms. The minimum atomic E-state index is -1.06. The fourth-order valence-electron chi connectivity index (χ4n) is 13.2. The zero-order chi connectivity index (χ0) is 89.3. The summed E-state index contributed by atoms with van der Waals surface area (Å²) in [4.78, 5) is 101. The molecule has 0 atom stereocenters. The van der Waals surface area contributed by atoms with Crippen molar-refractivity contribution in [3.05, 3.63) is 108 Å². The number of aliphatic hydroxyl groups excluding tert-OH is 1. The molecule has 13 rings (SSSR count). The van der Waals surface area contributed by atoms with E-state index < -0.39 is 35.5 Å². The number of carbonyl (C=O) groups is 7. The number of carboxylic acids is 2. The number of carboxylic acid groups (broad SMARTS) is 2. The predicted molar refractivity (Wildman–Crippen MR) is 447 cm³/mol. The minimum absolute atomic E-state index is 0. The maximum atomic E-state index is 15.0. The van der Waals surface area contributed by atoms with Gasteiger partial charge in [-0.25, -0.2) is 38.3 Å².